The lowest BCUT2D eigenvalue weighted by atomic mass is 9.74. The summed E-state index contributed by atoms with van der Waals surface area (Å²) in [6.45, 7) is 1.10. The molecule has 1 fully saturated rings. The fourth-order valence-electron chi connectivity index (χ4n) is 3.34. The summed E-state index contributed by atoms with van der Waals surface area (Å²) in [5, 5.41) is 3.65. The molecule has 3 rings (SSSR count). The molecule has 1 N–H and O–H groups in total. The van der Waals surface area contributed by atoms with E-state index >= 15 is 0 Å². The van der Waals surface area contributed by atoms with E-state index in [4.69, 9.17) is 4.74 Å². The van der Waals surface area contributed by atoms with Crippen LogP contribution in [0.1, 0.15) is 29.9 Å². The van der Waals surface area contributed by atoms with Crippen molar-refractivity contribution in [1.82, 2.24) is 5.32 Å². The van der Waals surface area contributed by atoms with Gasteiger partial charge in [0.05, 0.1) is 6.10 Å². The van der Waals surface area contributed by atoms with E-state index in [0.29, 0.717) is 18.1 Å². The number of aryl methyl sites for hydroxylation is 1. The van der Waals surface area contributed by atoms with Crippen LogP contribution in [0.3, 0.4) is 0 Å². The standard InChI is InChI=1S/C14H19NO/c1-16-13-8-9-15-12-7-6-10-4-2-3-5-11(10)14(12)13/h2-5,12-15H,6-9H2,1H3/t12?,13-,14-/m0/s1. The molecule has 1 unspecified atom stereocenters. The summed E-state index contributed by atoms with van der Waals surface area (Å²) in [6.07, 6.45) is 3.99. The van der Waals surface area contributed by atoms with Crippen molar-refractivity contribution in [3.8, 4) is 0 Å². The van der Waals surface area contributed by atoms with Gasteiger partial charge in [-0.25, -0.2) is 0 Å². The van der Waals surface area contributed by atoms with Crippen LogP contribution in [0.4, 0.5) is 0 Å². The first-order valence-electron chi connectivity index (χ1n) is 6.24. The second-order valence-electron chi connectivity index (χ2n) is 4.89. The van der Waals surface area contributed by atoms with Gasteiger partial charge in [-0.1, -0.05) is 24.3 Å². The molecule has 0 amide bonds. The van der Waals surface area contributed by atoms with Crippen LogP contribution in [0, 0.1) is 0 Å². The van der Waals surface area contributed by atoms with Crippen molar-refractivity contribution >= 4 is 0 Å². The van der Waals surface area contributed by atoms with Crippen molar-refractivity contribution in [2.24, 2.45) is 0 Å². The highest BCUT2D eigenvalue weighted by molar-refractivity contribution is 5.35. The number of hydrogen-bond donors (Lipinski definition) is 1. The van der Waals surface area contributed by atoms with Crippen molar-refractivity contribution in [3.63, 3.8) is 0 Å². The smallest absolute Gasteiger partial charge is 0.0667 e. The van der Waals surface area contributed by atoms with E-state index < -0.39 is 0 Å². The van der Waals surface area contributed by atoms with E-state index in [2.05, 4.69) is 29.6 Å². The van der Waals surface area contributed by atoms with Crippen molar-refractivity contribution in [3.05, 3.63) is 35.4 Å². The minimum absolute atomic E-state index is 0.396. The van der Waals surface area contributed by atoms with Crippen LogP contribution in [0.25, 0.3) is 0 Å². The maximum absolute atomic E-state index is 5.68. The largest absolute Gasteiger partial charge is 0.381 e. The lowest BCUT2D eigenvalue weighted by Crippen LogP contribution is -2.49. The Hall–Kier alpha value is -0.860. The van der Waals surface area contributed by atoms with Crippen molar-refractivity contribution in [1.29, 1.82) is 0 Å². The SMILES string of the molecule is CO[C@H]1CCNC2CCc3ccccc3[C@@H]21. The molecule has 1 aliphatic heterocycles. The van der Waals surface area contributed by atoms with E-state index in [1.165, 1.54) is 24.0 Å². The number of rotatable bonds is 1. The van der Waals surface area contributed by atoms with Crippen LogP contribution >= 0.6 is 0 Å². The van der Waals surface area contributed by atoms with Crippen molar-refractivity contribution < 1.29 is 4.74 Å². The van der Waals surface area contributed by atoms with Crippen LogP contribution < -0.4 is 5.32 Å². The average Bonchev–Trinajstić information content (AvgIpc) is 2.37. The van der Waals surface area contributed by atoms with Crippen LogP contribution in [0.15, 0.2) is 24.3 Å². The summed E-state index contributed by atoms with van der Waals surface area (Å²) in [5.41, 5.74) is 3.03. The molecule has 0 bridgehead atoms. The number of ether oxygens (including phenoxy) is 1. The maximum Gasteiger partial charge on any atom is 0.0667 e. The minimum atomic E-state index is 0.396. The Morgan fingerprint density at radius 2 is 2.12 bits per heavy atom. The highest BCUT2D eigenvalue weighted by Gasteiger charge is 2.37. The second-order valence-corrected chi connectivity index (χ2v) is 4.89. The first-order valence-corrected chi connectivity index (χ1v) is 6.24. The van der Waals surface area contributed by atoms with E-state index in [1.54, 1.807) is 0 Å². The second kappa shape index (κ2) is 4.19. The van der Waals surface area contributed by atoms with Gasteiger partial charge in [-0.2, -0.15) is 0 Å². The zero-order valence-electron chi connectivity index (χ0n) is 9.78. The number of hydrogen-bond acceptors (Lipinski definition) is 2. The molecule has 86 valence electrons. The first kappa shape index (κ1) is 10.3. The Balaban J connectivity index is 2.00. The molecule has 1 aromatic rings. The first-order chi connectivity index (χ1) is 7.90. The van der Waals surface area contributed by atoms with Gasteiger partial charge >= 0.3 is 0 Å². The van der Waals surface area contributed by atoms with E-state index in [-0.39, 0.29) is 0 Å². The van der Waals surface area contributed by atoms with E-state index in [1.807, 2.05) is 7.11 Å². The van der Waals surface area contributed by atoms with Gasteiger partial charge in [0.1, 0.15) is 0 Å². The topological polar surface area (TPSA) is 21.3 Å². The fourth-order valence-corrected chi connectivity index (χ4v) is 3.34. The van der Waals surface area contributed by atoms with Gasteiger partial charge < -0.3 is 10.1 Å². The molecule has 0 saturated carbocycles. The van der Waals surface area contributed by atoms with Crippen LogP contribution in [-0.2, 0) is 11.2 Å². The Morgan fingerprint density at radius 3 is 3.00 bits per heavy atom. The molecule has 3 atom stereocenters. The van der Waals surface area contributed by atoms with Crippen molar-refractivity contribution in [2.45, 2.75) is 37.3 Å². The molecule has 2 nitrogen and oxygen atoms in total. The van der Waals surface area contributed by atoms with Gasteiger partial charge in [0.2, 0.25) is 0 Å². The highest BCUT2D eigenvalue weighted by Crippen LogP contribution is 2.38. The Bertz CT molecular complexity index is 377. The Labute approximate surface area is 97.0 Å². The maximum atomic E-state index is 5.68. The molecule has 1 heterocycles. The lowest BCUT2D eigenvalue weighted by Gasteiger charge is -2.42. The predicted octanol–water partition coefficient (Wildman–Crippen LogP) is 2.09. The number of methoxy groups -OCH3 is 1. The zero-order valence-corrected chi connectivity index (χ0v) is 9.78. The van der Waals surface area contributed by atoms with Gasteiger partial charge in [-0.15, -0.1) is 0 Å². The minimum Gasteiger partial charge on any atom is -0.381 e. The third kappa shape index (κ3) is 1.57. The van der Waals surface area contributed by atoms with Gasteiger partial charge in [-0.05, 0) is 36.9 Å². The molecule has 1 aromatic carbocycles. The summed E-state index contributed by atoms with van der Waals surface area (Å²) in [6, 6.07) is 9.48. The number of nitrogens with one attached hydrogen (secondary N) is 1. The molecule has 0 radical (unpaired) electrons. The summed E-state index contributed by atoms with van der Waals surface area (Å²) in [7, 11) is 1.85. The highest BCUT2D eigenvalue weighted by atomic mass is 16.5. The molecular formula is C14H19NO. The summed E-state index contributed by atoms with van der Waals surface area (Å²) < 4.78 is 5.68. The van der Waals surface area contributed by atoms with E-state index in [0.717, 1.165) is 13.0 Å². The Morgan fingerprint density at radius 1 is 1.25 bits per heavy atom. The van der Waals surface area contributed by atoms with Crippen LogP contribution in [0.5, 0.6) is 0 Å². The summed E-state index contributed by atoms with van der Waals surface area (Å²) in [4.78, 5) is 0. The zero-order chi connectivity index (χ0) is 11.0. The number of piperidine rings is 1. The number of fused-ring (bicyclic) bond motifs is 3. The monoisotopic (exact) mass is 217 g/mol. The van der Waals surface area contributed by atoms with Gasteiger partial charge in [-0.3, -0.25) is 0 Å². The normalized spacial score (nSPS) is 32.9. The number of benzene rings is 1. The molecule has 2 heteroatoms. The molecule has 16 heavy (non-hydrogen) atoms. The summed E-state index contributed by atoms with van der Waals surface area (Å²) >= 11 is 0. The molecule has 2 aliphatic rings. The average molecular weight is 217 g/mol. The summed E-state index contributed by atoms with van der Waals surface area (Å²) in [5.74, 6) is 0.559. The predicted molar refractivity (Wildman–Crippen MR) is 64.7 cm³/mol. The van der Waals surface area contributed by atoms with E-state index in [9.17, 15) is 0 Å². The van der Waals surface area contributed by atoms with Gasteiger partial charge in [0, 0.05) is 19.1 Å². The fraction of sp³-hybridized carbons (Fsp3) is 0.571. The van der Waals surface area contributed by atoms with Crippen LogP contribution in [-0.4, -0.2) is 25.8 Å². The lowest BCUT2D eigenvalue weighted by molar-refractivity contribution is 0.0374. The van der Waals surface area contributed by atoms with Gasteiger partial charge in [0.25, 0.3) is 0 Å². The van der Waals surface area contributed by atoms with Crippen molar-refractivity contribution in [2.75, 3.05) is 13.7 Å². The molecule has 0 spiro atoms. The third-order valence-electron chi connectivity index (χ3n) is 4.11. The van der Waals surface area contributed by atoms with Gasteiger partial charge in [0.15, 0.2) is 0 Å². The van der Waals surface area contributed by atoms with Crippen LogP contribution in [0.2, 0.25) is 0 Å². The quantitative estimate of drug-likeness (QED) is 0.777. The molecule has 1 aliphatic carbocycles. The Kier molecular flexibility index (Phi) is 2.70. The molecular weight excluding hydrogens is 198 g/mol. The molecule has 0 aromatic heterocycles. The molecule has 1 saturated heterocycles. The third-order valence-corrected chi connectivity index (χ3v) is 4.11.